The number of unbranched alkanes of at least 4 members (excludes halogenated alkanes) is 1. The number of anilines is 2. The van der Waals surface area contributed by atoms with Crippen molar-refractivity contribution >= 4 is 27.3 Å². The SMILES string of the molecule is CCCCN(Cc1ccc(Br)cc1N)c1ccccc1. The Morgan fingerprint density at radius 3 is 2.50 bits per heavy atom. The molecule has 0 aliphatic heterocycles. The summed E-state index contributed by atoms with van der Waals surface area (Å²) in [5.74, 6) is 0. The van der Waals surface area contributed by atoms with E-state index in [4.69, 9.17) is 5.73 Å². The zero-order valence-corrected chi connectivity index (χ0v) is 13.4. The summed E-state index contributed by atoms with van der Waals surface area (Å²) >= 11 is 3.46. The molecule has 0 aliphatic rings. The Kier molecular flexibility index (Phi) is 5.48. The average molecular weight is 333 g/mol. The molecule has 0 heterocycles. The number of hydrogen-bond acceptors (Lipinski definition) is 2. The first-order chi connectivity index (χ1) is 9.70. The predicted molar refractivity (Wildman–Crippen MR) is 91.0 cm³/mol. The van der Waals surface area contributed by atoms with Gasteiger partial charge in [0.15, 0.2) is 0 Å². The molecule has 2 aromatic carbocycles. The van der Waals surface area contributed by atoms with Gasteiger partial charge in [0.1, 0.15) is 0 Å². The molecule has 20 heavy (non-hydrogen) atoms. The Morgan fingerprint density at radius 1 is 1.10 bits per heavy atom. The van der Waals surface area contributed by atoms with Gasteiger partial charge in [-0.25, -0.2) is 0 Å². The minimum Gasteiger partial charge on any atom is -0.398 e. The fourth-order valence-corrected chi connectivity index (χ4v) is 2.58. The summed E-state index contributed by atoms with van der Waals surface area (Å²) in [6.07, 6.45) is 2.38. The molecule has 2 N–H and O–H groups in total. The molecule has 0 atom stereocenters. The number of nitrogens with two attached hydrogens (primary N) is 1. The molecule has 0 saturated carbocycles. The molecule has 0 unspecified atom stereocenters. The van der Waals surface area contributed by atoms with E-state index in [1.165, 1.54) is 24.1 Å². The number of nitrogen functional groups attached to an aromatic ring is 1. The van der Waals surface area contributed by atoms with Gasteiger partial charge in [0.25, 0.3) is 0 Å². The minimum atomic E-state index is 0.844. The van der Waals surface area contributed by atoms with Crippen molar-refractivity contribution in [2.75, 3.05) is 17.2 Å². The van der Waals surface area contributed by atoms with Crippen molar-refractivity contribution in [1.82, 2.24) is 0 Å². The van der Waals surface area contributed by atoms with Gasteiger partial charge in [-0.05, 0) is 36.2 Å². The molecule has 2 aromatic rings. The lowest BCUT2D eigenvalue weighted by atomic mass is 10.1. The zero-order chi connectivity index (χ0) is 14.4. The van der Waals surface area contributed by atoms with Gasteiger partial charge in [0.2, 0.25) is 0 Å². The van der Waals surface area contributed by atoms with Gasteiger partial charge in [0, 0.05) is 28.9 Å². The van der Waals surface area contributed by atoms with Crippen molar-refractivity contribution in [3.05, 3.63) is 58.6 Å². The van der Waals surface area contributed by atoms with Crippen LogP contribution < -0.4 is 10.6 Å². The van der Waals surface area contributed by atoms with Crippen molar-refractivity contribution in [3.63, 3.8) is 0 Å². The molecule has 0 spiro atoms. The van der Waals surface area contributed by atoms with E-state index in [0.29, 0.717) is 0 Å². The van der Waals surface area contributed by atoms with Crippen LogP contribution in [0.25, 0.3) is 0 Å². The Bertz CT molecular complexity index is 540. The van der Waals surface area contributed by atoms with E-state index in [-0.39, 0.29) is 0 Å². The molecular weight excluding hydrogens is 312 g/mol. The smallest absolute Gasteiger partial charge is 0.0449 e. The van der Waals surface area contributed by atoms with E-state index in [0.717, 1.165) is 23.2 Å². The van der Waals surface area contributed by atoms with Crippen LogP contribution in [-0.4, -0.2) is 6.54 Å². The molecule has 0 aliphatic carbocycles. The van der Waals surface area contributed by atoms with Crippen LogP contribution in [0.3, 0.4) is 0 Å². The van der Waals surface area contributed by atoms with Crippen molar-refractivity contribution in [3.8, 4) is 0 Å². The Hall–Kier alpha value is -1.48. The lowest BCUT2D eigenvalue weighted by molar-refractivity contribution is 0.716. The lowest BCUT2D eigenvalue weighted by Crippen LogP contribution is -2.24. The molecule has 106 valence electrons. The Balaban J connectivity index is 2.19. The van der Waals surface area contributed by atoms with Crippen LogP contribution in [0.4, 0.5) is 11.4 Å². The van der Waals surface area contributed by atoms with Gasteiger partial charge in [0.05, 0.1) is 0 Å². The van der Waals surface area contributed by atoms with Crippen LogP contribution >= 0.6 is 15.9 Å². The Labute approximate surface area is 129 Å². The summed E-state index contributed by atoms with van der Waals surface area (Å²) < 4.78 is 1.03. The standard InChI is InChI=1S/C17H21BrN2/c1-2-3-11-20(16-7-5-4-6-8-16)13-14-9-10-15(18)12-17(14)19/h4-10,12H,2-3,11,13,19H2,1H3. The van der Waals surface area contributed by atoms with Crippen molar-refractivity contribution < 1.29 is 0 Å². The lowest BCUT2D eigenvalue weighted by Gasteiger charge is -2.25. The number of hydrogen-bond donors (Lipinski definition) is 1. The van der Waals surface area contributed by atoms with Crippen LogP contribution in [0.5, 0.6) is 0 Å². The third kappa shape index (κ3) is 4.01. The quantitative estimate of drug-likeness (QED) is 0.767. The zero-order valence-electron chi connectivity index (χ0n) is 11.8. The summed E-state index contributed by atoms with van der Waals surface area (Å²) in [5, 5.41) is 0. The fourth-order valence-electron chi connectivity index (χ4n) is 2.20. The highest BCUT2D eigenvalue weighted by Crippen LogP contribution is 2.23. The highest BCUT2D eigenvalue weighted by atomic mass is 79.9. The van der Waals surface area contributed by atoms with Gasteiger partial charge in [-0.1, -0.05) is 53.5 Å². The summed E-state index contributed by atoms with van der Waals surface area (Å²) in [6.45, 7) is 4.12. The highest BCUT2D eigenvalue weighted by Gasteiger charge is 2.09. The normalized spacial score (nSPS) is 10.5. The van der Waals surface area contributed by atoms with Crippen molar-refractivity contribution in [1.29, 1.82) is 0 Å². The first-order valence-corrected chi connectivity index (χ1v) is 7.84. The predicted octanol–water partition coefficient (Wildman–Crippen LogP) is 4.84. The molecule has 0 fully saturated rings. The van der Waals surface area contributed by atoms with Crippen LogP contribution in [0.1, 0.15) is 25.3 Å². The highest BCUT2D eigenvalue weighted by molar-refractivity contribution is 9.10. The van der Waals surface area contributed by atoms with Gasteiger partial charge < -0.3 is 10.6 Å². The first kappa shape index (κ1) is 14.9. The van der Waals surface area contributed by atoms with E-state index in [9.17, 15) is 0 Å². The number of benzene rings is 2. The van der Waals surface area contributed by atoms with Gasteiger partial charge in [-0.3, -0.25) is 0 Å². The Morgan fingerprint density at radius 2 is 1.85 bits per heavy atom. The first-order valence-electron chi connectivity index (χ1n) is 7.04. The van der Waals surface area contributed by atoms with Crippen LogP contribution in [0, 0.1) is 0 Å². The largest absolute Gasteiger partial charge is 0.398 e. The molecule has 0 aromatic heterocycles. The number of rotatable bonds is 6. The van der Waals surface area contributed by atoms with Crippen molar-refractivity contribution in [2.45, 2.75) is 26.3 Å². The summed E-state index contributed by atoms with van der Waals surface area (Å²) in [5.41, 5.74) is 9.39. The van der Waals surface area contributed by atoms with Crippen LogP contribution in [-0.2, 0) is 6.54 Å². The van der Waals surface area contributed by atoms with Gasteiger partial charge in [-0.2, -0.15) is 0 Å². The van der Waals surface area contributed by atoms with Crippen LogP contribution in [0.15, 0.2) is 53.0 Å². The summed E-state index contributed by atoms with van der Waals surface area (Å²) in [7, 11) is 0. The van der Waals surface area contributed by atoms with Crippen molar-refractivity contribution in [2.24, 2.45) is 0 Å². The van der Waals surface area contributed by atoms with E-state index in [1.807, 2.05) is 6.07 Å². The second-order valence-electron chi connectivity index (χ2n) is 4.95. The monoisotopic (exact) mass is 332 g/mol. The number of para-hydroxylation sites is 1. The second-order valence-corrected chi connectivity index (χ2v) is 5.87. The average Bonchev–Trinajstić information content (AvgIpc) is 2.46. The van der Waals surface area contributed by atoms with E-state index >= 15 is 0 Å². The maximum Gasteiger partial charge on any atom is 0.0449 e. The molecule has 0 saturated heterocycles. The summed E-state index contributed by atoms with van der Waals surface area (Å²) in [6, 6.07) is 16.7. The molecule has 2 rings (SSSR count). The molecule has 0 bridgehead atoms. The van der Waals surface area contributed by atoms with Crippen LogP contribution in [0.2, 0.25) is 0 Å². The van der Waals surface area contributed by atoms with E-state index < -0.39 is 0 Å². The number of nitrogens with zero attached hydrogens (tertiary/aromatic N) is 1. The maximum atomic E-state index is 6.12. The van der Waals surface area contributed by atoms with E-state index in [2.05, 4.69) is 70.2 Å². The third-order valence-corrected chi connectivity index (χ3v) is 3.87. The second kappa shape index (κ2) is 7.34. The summed E-state index contributed by atoms with van der Waals surface area (Å²) in [4.78, 5) is 2.39. The topological polar surface area (TPSA) is 29.3 Å². The molecule has 2 nitrogen and oxygen atoms in total. The molecule has 0 radical (unpaired) electrons. The third-order valence-electron chi connectivity index (χ3n) is 3.37. The number of halogens is 1. The maximum absolute atomic E-state index is 6.12. The van der Waals surface area contributed by atoms with E-state index in [1.54, 1.807) is 0 Å². The van der Waals surface area contributed by atoms with Gasteiger partial charge in [-0.15, -0.1) is 0 Å². The molecule has 0 amide bonds. The molecular formula is C17H21BrN2. The minimum absolute atomic E-state index is 0.844. The molecule has 3 heteroatoms. The van der Waals surface area contributed by atoms with Gasteiger partial charge >= 0.3 is 0 Å². The fraction of sp³-hybridized carbons (Fsp3) is 0.294.